The Morgan fingerprint density at radius 2 is 1.59 bits per heavy atom. The first-order valence-corrected chi connectivity index (χ1v) is 10.1. The Morgan fingerprint density at radius 3 is 2.28 bits per heavy atom. The summed E-state index contributed by atoms with van der Waals surface area (Å²) < 4.78 is 11.3. The third-order valence-corrected chi connectivity index (χ3v) is 4.64. The zero-order valence-electron chi connectivity index (χ0n) is 16.9. The van der Waals surface area contributed by atoms with E-state index in [0.29, 0.717) is 28.3 Å². The summed E-state index contributed by atoms with van der Waals surface area (Å²) in [5.74, 6) is -1.52. The van der Waals surface area contributed by atoms with E-state index < -0.39 is 17.8 Å². The molecule has 2 amide bonds. The lowest BCUT2D eigenvalue weighted by molar-refractivity contribution is -0.136. The molecule has 0 spiro atoms. The number of carbonyl (C=O) groups is 3. The van der Waals surface area contributed by atoms with Crippen LogP contribution in [0.25, 0.3) is 0 Å². The molecule has 0 aliphatic rings. The van der Waals surface area contributed by atoms with Crippen LogP contribution in [0.4, 0.5) is 5.69 Å². The molecule has 0 bridgehead atoms. The number of hydrogen-bond acceptors (Lipinski definition) is 6. The van der Waals surface area contributed by atoms with Crippen LogP contribution in [0.1, 0.15) is 15.9 Å². The molecule has 8 nitrogen and oxygen atoms in total. The number of hydrazone groups is 1. The zero-order chi connectivity index (χ0) is 22.9. The number of para-hydroxylation sites is 2. The molecular weight excluding hydrogens is 478 g/mol. The number of anilines is 1. The summed E-state index contributed by atoms with van der Waals surface area (Å²) in [7, 11) is 1.46. The molecule has 0 fully saturated rings. The van der Waals surface area contributed by atoms with Gasteiger partial charge in [-0.25, -0.2) is 10.2 Å². The van der Waals surface area contributed by atoms with Gasteiger partial charge in [-0.2, -0.15) is 5.10 Å². The summed E-state index contributed by atoms with van der Waals surface area (Å²) in [4.78, 5) is 36.1. The molecule has 0 atom stereocenters. The minimum absolute atomic E-state index is 0.357. The lowest BCUT2D eigenvalue weighted by atomic mass is 10.2. The van der Waals surface area contributed by atoms with Gasteiger partial charge in [-0.3, -0.25) is 9.59 Å². The number of rotatable bonds is 6. The Morgan fingerprint density at radius 1 is 0.906 bits per heavy atom. The zero-order valence-corrected chi connectivity index (χ0v) is 18.5. The van der Waals surface area contributed by atoms with Gasteiger partial charge in [-0.15, -0.1) is 0 Å². The Kier molecular flexibility index (Phi) is 7.71. The highest BCUT2D eigenvalue weighted by Gasteiger charge is 2.15. The number of carbonyl (C=O) groups excluding carboxylic acids is 3. The highest BCUT2D eigenvalue weighted by Crippen LogP contribution is 2.22. The summed E-state index contributed by atoms with van der Waals surface area (Å²) in [5.41, 5.74) is 3.57. The van der Waals surface area contributed by atoms with Crippen molar-refractivity contribution in [3.63, 3.8) is 0 Å². The summed E-state index contributed by atoms with van der Waals surface area (Å²) >= 11 is 3.31. The average molecular weight is 496 g/mol. The maximum absolute atomic E-state index is 12.1. The molecule has 0 heterocycles. The van der Waals surface area contributed by atoms with Crippen molar-refractivity contribution in [3.8, 4) is 11.5 Å². The summed E-state index contributed by atoms with van der Waals surface area (Å²) in [6, 6.07) is 20.0. The third-order valence-electron chi connectivity index (χ3n) is 4.11. The van der Waals surface area contributed by atoms with E-state index in [0.717, 1.165) is 4.47 Å². The standard InChI is InChI=1S/C23H18BrN3O5/c1-31-20-5-3-2-4-19(20)26-21(28)22(29)27-25-14-15-6-12-18(13-7-15)32-23(30)16-8-10-17(24)11-9-16/h2-14H,1H3,(H,26,28)(H,27,29). The van der Waals surface area contributed by atoms with Crippen LogP contribution in [0, 0.1) is 0 Å². The van der Waals surface area contributed by atoms with Crippen molar-refractivity contribution in [3.05, 3.63) is 88.4 Å². The van der Waals surface area contributed by atoms with Crippen LogP contribution in [0.5, 0.6) is 11.5 Å². The van der Waals surface area contributed by atoms with Gasteiger partial charge >= 0.3 is 17.8 Å². The van der Waals surface area contributed by atoms with Gasteiger partial charge in [0.25, 0.3) is 0 Å². The van der Waals surface area contributed by atoms with E-state index in [2.05, 4.69) is 31.8 Å². The quantitative estimate of drug-likeness (QED) is 0.178. The summed E-state index contributed by atoms with van der Waals surface area (Å²) in [5, 5.41) is 6.22. The summed E-state index contributed by atoms with van der Waals surface area (Å²) in [6.45, 7) is 0. The maximum Gasteiger partial charge on any atom is 0.343 e. The van der Waals surface area contributed by atoms with E-state index >= 15 is 0 Å². The van der Waals surface area contributed by atoms with Crippen LogP contribution in [-0.4, -0.2) is 31.1 Å². The molecule has 0 aliphatic carbocycles. The van der Waals surface area contributed by atoms with Gasteiger partial charge in [0.05, 0.1) is 24.6 Å². The first-order chi connectivity index (χ1) is 15.5. The second-order valence-electron chi connectivity index (χ2n) is 6.32. The predicted octanol–water partition coefficient (Wildman–Crippen LogP) is 3.77. The van der Waals surface area contributed by atoms with Gasteiger partial charge in [0, 0.05) is 4.47 Å². The fourth-order valence-electron chi connectivity index (χ4n) is 2.52. The van der Waals surface area contributed by atoms with Crippen LogP contribution in [0.3, 0.4) is 0 Å². The third kappa shape index (κ3) is 6.26. The largest absolute Gasteiger partial charge is 0.495 e. The number of benzene rings is 3. The number of nitrogens with one attached hydrogen (secondary N) is 2. The summed E-state index contributed by atoms with van der Waals surface area (Å²) in [6.07, 6.45) is 1.36. The van der Waals surface area contributed by atoms with Crippen LogP contribution in [0.2, 0.25) is 0 Å². The number of nitrogens with zero attached hydrogens (tertiary/aromatic N) is 1. The molecule has 3 aromatic carbocycles. The van der Waals surface area contributed by atoms with Crippen molar-refractivity contribution in [1.82, 2.24) is 5.43 Å². The molecule has 3 rings (SSSR count). The Hall–Kier alpha value is -3.98. The lowest BCUT2D eigenvalue weighted by Crippen LogP contribution is -2.32. The molecule has 0 saturated heterocycles. The number of amides is 2. The number of methoxy groups -OCH3 is 1. The molecule has 162 valence electrons. The van der Waals surface area contributed by atoms with E-state index in [1.54, 1.807) is 72.8 Å². The molecule has 0 saturated carbocycles. The monoisotopic (exact) mass is 495 g/mol. The number of ether oxygens (including phenoxy) is 2. The van der Waals surface area contributed by atoms with Crippen molar-refractivity contribution in [2.45, 2.75) is 0 Å². The van der Waals surface area contributed by atoms with Gasteiger partial charge in [0.2, 0.25) is 0 Å². The maximum atomic E-state index is 12.1. The number of hydrogen-bond donors (Lipinski definition) is 2. The van der Waals surface area contributed by atoms with Crippen molar-refractivity contribution in [2.24, 2.45) is 5.10 Å². The molecule has 0 aliphatic heterocycles. The van der Waals surface area contributed by atoms with Crippen LogP contribution in [-0.2, 0) is 9.59 Å². The Labute approximate surface area is 192 Å². The van der Waals surface area contributed by atoms with Gasteiger partial charge in [0.15, 0.2) is 0 Å². The fraction of sp³-hybridized carbons (Fsp3) is 0.0435. The van der Waals surface area contributed by atoms with E-state index in [1.165, 1.54) is 13.3 Å². The number of halogens is 1. The molecule has 0 unspecified atom stereocenters. The topological polar surface area (TPSA) is 106 Å². The fourth-order valence-corrected chi connectivity index (χ4v) is 2.78. The van der Waals surface area contributed by atoms with Gasteiger partial charge in [0.1, 0.15) is 11.5 Å². The Bertz CT molecular complexity index is 1150. The van der Waals surface area contributed by atoms with E-state index in [4.69, 9.17) is 9.47 Å². The average Bonchev–Trinajstić information content (AvgIpc) is 2.80. The van der Waals surface area contributed by atoms with Gasteiger partial charge in [-0.05, 0) is 66.2 Å². The highest BCUT2D eigenvalue weighted by molar-refractivity contribution is 9.10. The molecule has 3 aromatic rings. The first-order valence-electron chi connectivity index (χ1n) is 9.31. The minimum atomic E-state index is -0.938. The first kappa shape index (κ1) is 22.7. The van der Waals surface area contributed by atoms with E-state index in [-0.39, 0.29) is 0 Å². The SMILES string of the molecule is COc1ccccc1NC(=O)C(=O)NN=Cc1ccc(OC(=O)c2ccc(Br)cc2)cc1. The second kappa shape index (κ2) is 10.9. The molecule has 0 radical (unpaired) electrons. The molecular formula is C23H18BrN3O5. The Balaban J connectivity index is 1.52. The number of esters is 1. The molecule has 32 heavy (non-hydrogen) atoms. The molecule has 9 heteroatoms. The lowest BCUT2D eigenvalue weighted by Gasteiger charge is -2.08. The normalized spacial score (nSPS) is 10.4. The predicted molar refractivity (Wildman–Crippen MR) is 123 cm³/mol. The molecule has 0 aromatic heterocycles. The molecule has 2 N–H and O–H groups in total. The smallest absolute Gasteiger partial charge is 0.343 e. The second-order valence-corrected chi connectivity index (χ2v) is 7.23. The highest BCUT2D eigenvalue weighted by atomic mass is 79.9. The van der Waals surface area contributed by atoms with Crippen molar-refractivity contribution in [2.75, 3.05) is 12.4 Å². The van der Waals surface area contributed by atoms with Crippen molar-refractivity contribution in [1.29, 1.82) is 0 Å². The van der Waals surface area contributed by atoms with Crippen LogP contribution in [0.15, 0.2) is 82.4 Å². The van der Waals surface area contributed by atoms with Crippen molar-refractivity contribution < 1.29 is 23.9 Å². The van der Waals surface area contributed by atoms with Crippen LogP contribution < -0.4 is 20.2 Å². The van der Waals surface area contributed by atoms with Crippen molar-refractivity contribution >= 4 is 45.6 Å². The van der Waals surface area contributed by atoms with E-state index in [1.807, 2.05) is 0 Å². The van der Waals surface area contributed by atoms with Crippen LogP contribution >= 0.6 is 15.9 Å². The van der Waals surface area contributed by atoms with Gasteiger partial charge in [-0.1, -0.05) is 28.1 Å². The van der Waals surface area contributed by atoms with Gasteiger partial charge < -0.3 is 14.8 Å². The van der Waals surface area contributed by atoms with E-state index in [9.17, 15) is 14.4 Å². The minimum Gasteiger partial charge on any atom is -0.495 e.